The Kier molecular flexibility index (Phi) is 7.58. The first-order valence-electron chi connectivity index (χ1n) is 19.4. The summed E-state index contributed by atoms with van der Waals surface area (Å²) in [5.74, 6) is 0. The molecule has 2 aliphatic rings. The first-order chi connectivity index (χ1) is 26.8. The monoisotopic (exact) mass is 705 g/mol. The topological polar surface area (TPSA) is 3.24 Å². The molecule has 8 aromatic carbocycles. The molecule has 8 aromatic rings. The van der Waals surface area contributed by atoms with Crippen molar-refractivity contribution < 1.29 is 0 Å². The predicted octanol–water partition coefficient (Wildman–Crippen LogP) is 14.8. The van der Waals surface area contributed by atoms with Crippen LogP contribution in [0.5, 0.6) is 0 Å². The molecule has 0 aromatic heterocycles. The van der Waals surface area contributed by atoms with Gasteiger partial charge in [-0.2, -0.15) is 0 Å². The molecule has 0 saturated carbocycles. The fourth-order valence-corrected chi connectivity index (χ4v) is 9.50. The van der Waals surface area contributed by atoms with E-state index in [0.29, 0.717) is 0 Å². The molecule has 0 N–H and O–H groups in total. The maximum atomic E-state index is 2.51. The minimum absolute atomic E-state index is 0.0876. The molecule has 0 saturated heterocycles. The summed E-state index contributed by atoms with van der Waals surface area (Å²) >= 11 is 0. The van der Waals surface area contributed by atoms with Gasteiger partial charge in [0.25, 0.3) is 0 Å². The molecule has 0 unspecified atom stereocenters. The van der Waals surface area contributed by atoms with Crippen molar-refractivity contribution in [3.8, 4) is 55.6 Å². The summed E-state index contributed by atoms with van der Waals surface area (Å²) < 4.78 is 0. The maximum Gasteiger partial charge on any atom is 0.0540 e. The van der Waals surface area contributed by atoms with Crippen molar-refractivity contribution >= 4 is 17.1 Å². The zero-order valence-corrected chi connectivity index (χ0v) is 31.8. The highest BCUT2D eigenvalue weighted by atomic mass is 15.1. The molecule has 1 heteroatoms. The summed E-state index contributed by atoms with van der Waals surface area (Å²) in [5.41, 5.74) is 21.3. The molecule has 2 aliphatic carbocycles. The number of anilines is 3. The summed E-state index contributed by atoms with van der Waals surface area (Å²) in [6.07, 6.45) is 0. The van der Waals surface area contributed by atoms with E-state index in [9.17, 15) is 0 Å². The predicted molar refractivity (Wildman–Crippen MR) is 233 cm³/mol. The third-order valence-electron chi connectivity index (χ3n) is 12.3. The van der Waals surface area contributed by atoms with E-state index in [0.717, 1.165) is 17.1 Å². The Balaban J connectivity index is 1.21. The van der Waals surface area contributed by atoms with Gasteiger partial charge in [0.1, 0.15) is 0 Å². The van der Waals surface area contributed by atoms with Crippen LogP contribution < -0.4 is 4.90 Å². The van der Waals surface area contributed by atoms with Crippen LogP contribution in [0.2, 0.25) is 0 Å². The zero-order chi connectivity index (χ0) is 37.3. The lowest BCUT2D eigenvalue weighted by atomic mass is 9.82. The van der Waals surface area contributed by atoms with Gasteiger partial charge in [0.05, 0.1) is 11.4 Å². The van der Waals surface area contributed by atoms with Gasteiger partial charge in [0.2, 0.25) is 0 Å². The van der Waals surface area contributed by atoms with Gasteiger partial charge in [-0.25, -0.2) is 0 Å². The lowest BCUT2D eigenvalue weighted by Crippen LogP contribution is -2.17. The number of hydrogen-bond acceptors (Lipinski definition) is 1. The zero-order valence-electron chi connectivity index (χ0n) is 31.8. The van der Waals surface area contributed by atoms with E-state index >= 15 is 0 Å². The van der Waals surface area contributed by atoms with Crippen LogP contribution in [0.25, 0.3) is 55.6 Å². The van der Waals surface area contributed by atoms with Crippen LogP contribution in [-0.2, 0) is 10.8 Å². The molecule has 0 amide bonds. The quantitative estimate of drug-likeness (QED) is 0.166. The van der Waals surface area contributed by atoms with Crippen LogP contribution >= 0.6 is 0 Å². The molecule has 0 bridgehead atoms. The van der Waals surface area contributed by atoms with Crippen LogP contribution in [0.15, 0.2) is 188 Å². The fourth-order valence-electron chi connectivity index (χ4n) is 9.50. The van der Waals surface area contributed by atoms with E-state index in [4.69, 9.17) is 0 Å². The van der Waals surface area contributed by atoms with Gasteiger partial charge in [-0.3, -0.25) is 0 Å². The average molecular weight is 706 g/mol. The van der Waals surface area contributed by atoms with Crippen molar-refractivity contribution in [2.75, 3.05) is 4.90 Å². The Bertz CT molecular complexity index is 2750. The van der Waals surface area contributed by atoms with E-state index in [2.05, 4.69) is 221 Å². The second-order valence-corrected chi connectivity index (χ2v) is 16.1. The van der Waals surface area contributed by atoms with Gasteiger partial charge in [-0.1, -0.05) is 191 Å². The minimum atomic E-state index is -0.130. The van der Waals surface area contributed by atoms with Gasteiger partial charge in [0.15, 0.2) is 0 Å². The van der Waals surface area contributed by atoms with Crippen LogP contribution in [-0.4, -0.2) is 0 Å². The van der Waals surface area contributed by atoms with Gasteiger partial charge in [-0.05, 0) is 91.0 Å². The molecule has 0 aliphatic heterocycles. The molecular formula is C54H43N. The second kappa shape index (κ2) is 12.6. The molecular weight excluding hydrogens is 663 g/mol. The van der Waals surface area contributed by atoms with Crippen LogP contribution in [0.1, 0.15) is 49.9 Å². The van der Waals surface area contributed by atoms with Crippen molar-refractivity contribution in [2.45, 2.75) is 38.5 Å². The van der Waals surface area contributed by atoms with Crippen molar-refractivity contribution in [1.82, 2.24) is 0 Å². The number of hydrogen-bond donors (Lipinski definition) is 0. The number of fused-ring (bicyclic) bond motifs is 6. The van der Waals surface area contributed by atoms with Gasteiger partial charge in [-0.15, -0.1) is 0 Å². The molecule has 10 rings (SSSR count). The van der Waals surface area contributed by atoms with E-state index in [1.54, 1.807) is 0 Å². The SMILES string of the molecule is CC1(C)c2ccccc2-c2ccc(N(c3ccccc3-c3ccc(-c4ccccc4)cc3)c3ccccc3-c3cccc4c3-c3ccccc3C4(C)C)cc21. The standard InChI is InChI=1S/C54H43N/c1-53(2)47-25-13-9-22-45(47)52-44(23-16-26-48(52)53)43-21-11-15-28-51(43)55(39-33-34-42-41-20-8-12-24-46(41)54(3,4)49(42)35-39)50-27-14-10-19-40(50)38-31-29-37(30-32-38)36-17-6-5-7-18-36/h5-35H,1-4H3. The van der Waals surface area contributed by atoms with Crippen LogP contribution in [0.3, 0.4) is 0 Å². The molecule has 0 heterocycles. The third kappa shape index (κ3) is 5.14. The Labute approximate surface area is 325 Å². The van der Waals surface area contributed by atoms with Crippen molar-refractivity contribution in [3.63, 3.8) is 0 Å². The van der Waals surface area contributed by atoms with Crippen LogP contribution in [0.4, 0.5) is 17.1 Å². The summed E-state index contributed by atoms with van der Waals surface area (Å²) in [6.45, 7) is 9.47. The summed E-state index contributed by atoms with van der Waals surface area (Å²) in [6, 6.07) is 69.5. The highest BCUT2D eigenvalue weighted by molar-refractivity contribution is 6.00. The molecule has 0 spiro atoms. The second-order valence-electron chi connectivity index (χ2n) is 16.1. The Morgan fingerprint density at radius 3 is 1.51 bits per heavy atom. The summed E-state index contributed by atoms with van der Waals surface area (Å²) in [7, 11) is 0. The summed E-state index contributed by atoms with van der Waals surface area (Å²) in [4.78, 5) is 2.51. The Hall–Kier alpha value is -6.44. The van der Waals surface area contributed by atoms with Crippen molar-refractivity contribution in [1.29, 1.82) is 0 Å². The van der Waals surface area contributed by atoms with Gasteiger partial charge < -0.3 is 4.90 Å². The number of nitrogens with zero attached hydrogens (tertiary/aromatic N) is 1. The molecule has 1 nitrogen and oxygen atoms in total. The Morgan fingerprint density at radius 2 is 0.782 bits per heavy atom. The van der Waals surface area contributed by atoms with Gasteiger partial charge in [0, 0.05) is 27.6 Å². The number of rotatable bonds is 6. The molecule has 0 fully saturated rings. The molecule has 0 radical (unpaired) electrons. The van der Waals surface area contributed by atoms with Crippen molar-refractivity contribution in [3.05, 3.63) is 210 Å². The first kappa shape index (κ1) is 33.2. The van der Waals surface area contributed by atoms with Crippen LogP contribution in [0, 0.1) is 0 Å². The summed E-state index contributed by atoms with van der Waals surface area (Å²) in [5, 5.41) is 0. The Morgan fingerprint density at radius 1 is 0.309 bits per heavy atom. The molecule has 0 atom stereocenters. The highest BCUT2D eigenvalue weighted by Crippen LogP contribution is 2.55. The van der Waals surface area contributed by atoms with Crippen molar-refractivity contribution in [2.24, 2.45) is 0 Å². The number of para-hydroxylation sites is 2. The lowest BCUT2D eigenvalue weighted by molar-refractivity contribution is 0.660. The van der Waals surface area contributed by atoms with E-state index in [1.807, 2.05) is 0 Å². The van der Waals surface area contributed by atoms with E-state index in [-0.39, 0.29) is 10.8 Å². The van der Waals surface area contributed by atoms with E-state index < -0.39 is 0 Å². The largest absolute Gasteiger partial charge is 0.309 e. The number of benzene rings is 8. The normalized spacial score (nSPS) is 14.1. The molecule has 55 heavy (non-hydrogen) atoms. The minimum Gasteiger partial charge on any atom is -0.309 e. The third-order valence-corrected chi connectivity index (χ3v) is 12.3. The fraction of sp³-hybridized carbons (Fsp3) is 0.111. The van der Waals surface area contributed by atoms with E-state index in [1.165, 1.54) is 77.9 Å². The first-order valence-corrected chi connectivity index (χ1v) is 19.4. The average Bonchev–Trinajstić information content (AvgIpc) is 3.61. The molecule has 264 valence electrons. The van der Waals surface area contributed by atoms with Gasteiger partial charge >= 0.3 is 0 Å². The maximum absolute atomic E-state index is 2.51. The lowest BCUT2D eigenvalue weighted by Gasteiger charge is -2.31. The highest BCUT2D eigenvalue weighted by Gasteiger charge is 2.38. The smallest absolute Gasteiger partial charge is 0.0540 e.